The topological polar surface area (TPSA) is 53.9 Å². The zero-order valence-electron chi connectivity index (χ0n) is 12.3. The number of aromatic amines is 1. The third-order valence-corrected chi connectivity index (χ3v) is 4.33. The fourth-order valence-electron chi connectivity index (χ4n) is 2.86. The van der Waals surface area contributed by atoms with Gasteiger partial charge < -0.3 is 14.5 Å². The molecule has 21 heavy (non-hydrogen) atoms. The van der Waals surface area contributed by atoms with Gasteiger partial charge in [-0.15, -0.1) is 0 Å². The number of hydrogen-bond donors (Lipinski definition) is 1. The van der Waals surface area contributed by atoms with Crippen molar-refractivity contribution in [2.75, 3.05) is 13.1 Å². The van der Waals surface area contributed by atoms with Crippen molar-refractivity contribution in [2.24, 2.45) is 0 Å². The Hall–Kier alpha value is -1.69. The molecule has 0 spiro atoms. The zero-order chi connectivity index (χ0) is 14.8. The Morgan fingerprint density at radius 3 is 2.90 bits per heavy atom. The Morgan fingerprint density at radius 2 is 2.14 bits per heavy atom. The van der Waals surface area contributed by atoms with Crippen LogP contribution in [0.25, 0.3) is 11.2 Å². The van der Waals surface area contributed by atoms with E-state index in [1.807, 2.05) is 28.7 Å². The highest BCUT2D eigenvalue weighted by Gasteiger charge is 2.17. The molecule has 0 radical (unpaired) electrons. The number of fused-ring (bicyclic) bond motifs is 1. The number of nitrogens with zero attached hydrogens (tertiary/aromatic N) is 3. The highest BCUT2D eigenvalue weighted by Crippen LogP contribution is 2.15. The molecule has 1 N–H and O–H groups in total. The number of nitrogens with one attached hydrogen (secondary N) is 1. The molecule has 1 saturated heterocycles. The smallest absolute Gasteiger partial charge is 0.224 e. The third-order valence-electron chi connectivity index (χ3n) is 4.00. The summed E-state index contributed by atoms with van der Waals surface area (Å²) in [5.41, 5.74) is 2.86. The van der Waals surface area contributed by atoms with Gasteiger partial charge in [-0.05, 0) is 50.0 Å². The Morgan fingerprint density at radius 1 is 1.38 bits per heavy atom. The Kier molecular flexibility index (Phi) is 4.05. The predicted octanol–water partition coefficient (Wildman–Crippen LogP) is 2.80. The molecule has 0 atom stereocenters. The number of rotatable bonds is 3. The summed E-state index contributed by atoms with van der Waals surface area (Å²) < 4.78 is 2.56. The Balaban J connectivity index is 1.74. The van der Waals surface area contributed by atoms with Crippen LogP contribution in [0.2, 0.25) is 0 Å². The maximum atomic E-state index is 12.2. The van der Waals surface area contributed by atoms with Crippen molar-refractivity contribution in [1.29, 1.82) is 0 Å². The van der Waals surface area contributed by atoms with E-state index >= 15 is 0 Å². The van der Waals surface area contributed by atoms with Crippen LogP contribution >= 0.6 is 12.2 Å². The average Bonchev–Trinajstić information content (AvgIpc) is 2.80. The predicted molar refractivity (Wildman–Crippen MR) is 84.7 cm³/mol. The van der Waals surface area contributed by atoms with Crippen LogP contribution in [0.5, 0.6) is 0 Å². The maximum Gasteiger partial charge on any atom is 0.224 e. The van der Waals surface area contributed by atoms with Gasteiger partial charge in [-0.1, -0.05) is 0 Å². The van der Waals surface area contributed by atoms with Gasteiger partial charge >= 0.3 is 0 Å². The maximum absolute atomic E-state index is 12.2. The second kappa shape index (κ2) is 5.97. The van der Waals surface area contributed by atoms with Crippen LogP contribution in [-0.2, 0) is 11.3 Å². The summed E-state index contributed by atoms with van der Waals surface area (Å²) in [5.74, 6) is 0.220. The summed E-state index contributed by atoms with van der Waals surface area (Å²) in [5, 5.41) is 0. The van der Waals surface area contributed by atoms with Crippen molar-refractivity contribution in [2.45, 2.75) is 39.2 Å². The molecule has 1 aliphatic rings. The van der Waals surface area contributed by atoms with Gasteiger partial charge in [-0.2, -0.15) is 0 Å². The van der Waals surface area contributed by atoms with Crippen LogP contribution in [0.4, 0.5) is 0 Å². The summed E-state index contributed by atoms with van der Waals surface area (Å²) in [4.78, 5) is 21.8. The van der Waals surface area contributed by atoms with E-state index in [1.165, 1.54) is 6.42 Å². The summed E-state index contributed by atoms with van der Waals surface area (Å²) in [7, 11) is 0. The van der Waals surface area contributed by atoms with E-state index in [0.29, 0.717) is 17.7 Å². The summed E-state index contributed by atoms with van der Waals surface area (Å²) in [6.45, 7) is 4.38. The molecule has 1 fully saturated rings. The fourth-order valence-corrected chi connectivity index (χ4v) is 3.15. The molecule has 0 saturated carbocycles. The van der Waals surface area contributed by atoms with E-state index in [2.05, 4.69) is 9.97 Å². The Labute approximate surface area is 129 Å². The van der Waals surface area contributed by atoms with E-state index in [-0.39, 0.29) is 5.91 Å². The number of aromatic nitrogens is 3. The number of piperidine rings is 1. The molecule has 0 aromatic carbocycles. The molecule has 2 aromatic rings. The molecular weight excluding hydrogens is 284 g/mol. The number of carbonyl (C=O) groups excluding carboxylic acids is 1. The van der Waals surface area contributed by atoms with Crippen LogP contribution in [0.1, 0.15) is 31.2 Å². The first-order chi connectivity index (χ1) is 10.1. The first-order valence-corrected chi connectivity index (χ1v) is 7.89. The first-order valence-electron chi connectivity index (χ1n) is 7.48. The number of imidazole rings is 1. The number of H-pyrrole nitrogens is 1. The van der Waals surface area contributed by atoms with Crippen molar-refractivity contribution in [1.82, 2.24) is 19.4 Å². The van der Waals surface area contributed by atoms with Crippen molar-refractivity contribution >= 4 is 29.3 Å². The van der Waals surface area contributed by atoms with Gasteiger partial charge in [0, 0.05) is 32.3 Å². The molecule has 5 nitrogen and oxygen atoms in total. The van der Waals surface area contributed by atoms with Gasteiger partial charge in [-0.25, -0.2) is 4.98 Å². The van der Waals surface area contributed by atoms with Crippen LogP contribution in [-0.4, -0.2) is 38.4 Å². The second-order valence-electron chi connectivity index (χ2n) is 5.66. The quantitative estimate of drug-likeness (QED) is 0.887. The monoisotopic (exact) mass is 304 g/mol. The normalized spacial score (nSPS) is 15.6. The third kappa shape index (κ3) is 3.00. The molecule has 2 aromatic heterocycles. The van der Waals surface area contributed by atoms with Crippen LogP contribution in [0, 0.1) is 11.7 Å². The molecule has 0 unspecified atom stereocenters. The van der Waals surface area contributed by atoms with E-state index in [9.17, 15) is 4.79 Å². The summed E-state index contributed by atoms with van der Waals surface area (Å²) in [6.07, 6.45) is 5.80. The van der Waals surface area contributed by atoms with Gasteiger partial charge in [0.25, 0.3) is 0 Å². The van der Waals surface area contributed by atoms with E-state index in [0.717, 1.165) is 42.7 Å². The largest absolute Gasteiger partial charge is 0.343 e. The van der Waals surface area contributed by atoms with Gasteiger partial charge in [-0.3, -0.25) is 4.79 Å². The van der Waals surface area contributed by atoms with E-state index in [4.69, 9.17) is 12.2 Å². The molecule has 6 heteroatoms. The molecule has 1 amide bonds. The molecule has 0 bridgehead atoms. The SMILES string of the molecule is Cc1cnc2c(c1)[nH]c(=S)n2CCC(=O)N1CCCCC1. The Bertz CT molecular complexity index is 712. The minimum Gasteiger partial charge on any atom is -0.343 e. The molecule has 3 heterocycles. The molecular formula is C15H20N4OS. The van der Waals surface area contributed by atoms with Crippen molar-refractivity contribution < 1.29 is 4.79 Å². The number of aryl methyl sites for hydroxylation is 2. The summed E-state index contributed by atoms with van der Waals surface area (Å²) >= 11 is 5.35. The number of hydrogen-bond acceptors (Lipinski definition) is 3. The minimum atomic E-state index is 0.220. The van der Waals surface area contributed by atoms with Crippen molar-refractivity contribution in [3.63, 3.8) is 0 Å². The second-order valence-corrected chi connectivity index (χ2v) is 6.04. The molecule has 3 rings (SSSR count). The number of likely N-dealkylation sites (tertiary alicyclic amines) is 1. The standard InChI is InChI=1S/C15H20N4OS/c1-11-9-12-14(16-10-11)19(15(21)17-12)8-5-13(20)18-6-3-2-4-7-18/h9-10H,2-8H2,1H3,(H,17,21). The highest BCUT2D eigenvalue weighted by molar-refractivity contribution is 7.71. The lowest BCUT2D eigenvalue weighted by Crippen LogP contribution is -2.36. The van der Waals surface area contributed by atoms with E-state index in [1.54, 1.807) is 0 Å². The summed E-state index contributed by atoms with van der Waals surface area (Å²) in [6, 6.07) is 2.03. The van der Waals surface area contributed by atoms with Gasteiger partial charge in [0.2, 0.25) is 5.91 Å². The highest BCUT2D eigenvalue weighted by atomic mass is 32.1. The van der Waals surface area contributed by atoms with Gasteiger partial charge in [0.1, 0.15) is 0 Å². The van der Waals surface area contributed by atoms with Gasteiger partial charge in [0.15, 0.2) is 10.4 Å². The molecule has 1 aliphatic heterocycles. The lowest BCUT2D eigenvalue weighted by atomic mass is 10.1. The lowest BCUT2D eigenvalue weighted by Gasteiger charge is -2.26. The van der Waals surface area contributed by atoms with Crippen LogP contribution in [0.3, 0.4) is 0 Å². The van der Waals surface area contributed by atoms with Crippen LogP contribution in [0.15, 0.2) is 12.3 Å². The zero-order valence-corrected chi connectivity index (χ0v) is 13.1. The molecule has 112 valence electrons. The lowest BCUT2D eigenvalue weighted by molar-refractivity contribution is -0.132. The van der Waals surface area contributed by atoms with Crippen molar-refractivity contribution in [3.8, 4) is 0 Å². The average molecular weight is 304 g/mol. The minimum absolute atomic E-state index is 0.220. The van der Waals surface area contributed by atoms with Gasteiger partial charge in [0.05, 0.1) is 5.52 Å². The number of carbonyl (C=O) groups is 1. The number of amides is 1. The van der Waals surface area contributed by atoms with Crippen LogP contribution < -0.4 is 0 Å². The number of pyridine rings is 1. The van der Waals surface area contributed by atoms with Crippen molar-refractivity contribution in [3.05, 3.63) is 22.6 Å². The fraction of sp³-hybridized carbons (Fsp3) is 0.533. The van der Waals surface area contributed by atoms with E-state index < -0.39 is 0 Å². The first kappa shape index (κ1) is 14.3. The molecule has 0 aliphatic carbocycles.